The van der Waals surface area contributed by atoms with Crippen molar-refractivity contribution < 1.29 is 14.3 Å². The predicted molar refractivity (Wildman–Crippen MR) is 94.2 cm³/mol. The van der Waals surface area contributed by atoms with E-state index in [9.17, 15) is 4.79 Å². The Balaban J connectivity index is 1.60. The summed E-state index contributed by atoms with van der Waals surface area (Å²) < 4.78 is 11.3. The zero-order chi connectivity index (χ0) is 17.4. The van der Waals surface area contributed by atoms with Gasteiger partial charge in [-0.25, -0.2) is 0 Å². The van der Waals surface area contributed by atoms with Crippen LogP contribution in [0.2, 0.25) is 0 Å². The Morgan fingerprint density at radius 1 is 1.36 bits per heavy atom. The quantitative estimate of drug-likeness (QED) is 0.929. The van der Waals surface area contributed by atoms with Crippen molar-refractivity contribution in [2.45, 2.75) is 32.1 Å². The second-order valence-electron chi connectivity index (χ2n) is 6.84. The molecule has 4 rings (SSSR count). The van der Waals surface area contributed by atoms with Gasteiger partial charge in [-0.1, -0.05) is 12.1 Å². The number of nitrogens with two attached hydrogens (primary N) is 1. The first-order chi connectivity index (χ1) is 12.2. The molecule has 5 heteroatoms. The molecular weight excluding hydrogens is 316 g/mol. The molecule has 2 aliphatic rings. The number of amides is 1. The van der Waals surface area contributed by atoms with Gasteiger partial charge >= 0.3 is 0 Å². The van der Waals surface area contributed by atoms with Crippen LogP contribution in [0.3, 0.4) is 0 Å². The van der Waals surface area contributed by atoms with E-state index < -0.39 is 5.91 Å². The van der Waals surface area contributed by atoms with Gasteiger partial charge in [-0.05, 0) is 55.4 Å². The van der Waals surface area contributed by atoms with Crippen molar-refractivity contribution in [1.29, 1.82) is 0 Å². The lowest BCUT2D eigenvalue weighted by Crippen LogP contribution is -2.25. The molecule has 0 fully saturated rings. The van der Waals surface area contributed by atoms with Crippen molar-refractivity contribution >= 4 is 5.91 Å². The van der Waals surface area contributed by atoms with Crippen molar-refractivity contribution in [2.75, 3.05) is 13.7 Å². The molecule has 2 N–H and O–H groups in total. The predicted octanol–water partition coefficient (Wildman–Crippen LogP) is 2.47. The summed E-state index contributed by atoms with van der Waals surface area (Å²) in [5.74, 6) is 1.48. The Morgan fingerprint density at radius 2 is 2.24 bits per heavy atom. The van der Waals surface area contributed by atoms with E-state index in [1.807, 2.05) is 18.2 Å². The molecule has 0 spiro atoms. The smallest absolute Gasteiger partial charge is 0.250 e. The number of methoxy groups -OCH3 is 1. The van der Waals surface area contributed by atoms with Crippen LogP contribution in [-0.4, -0.2) is 24.6 Å². The number of pyridine rings is 1. The van der Waals surface area contributed by atoms with Crippen LogP contribution in [-0.2, 0) is 25.7 Å². The summed E-state index contributed by atoms with van der Waals surface area (Å²) in [5.41, 5.74) is 10.4. The lowest BCUT2D eigenvalue weighted by Gasteiger charge is -2.26. The maximum absolute atomic E-state index is 11.9. The average molecular weight is 338 g/mol. The third kappa shape index (κ3) is 2.95. The van der Waals surface area contributed by atoms with Crippen molar-refractivity contribution in [1.82, 2.24) is 4.98 Å². The van der Waals surface area contributed by atoms with E-state index in [0.29, 0.717) is 18.6 Å². The van der Waals surface area contributed by atoms with E-state index in [-0.39, 0.29) is 5.92 Å². The number of hydrogen-bond acceptors (Lipinski definition) is 4. The number of hydrogen-bond donors (Lipinski definition) is 1. The fraction of sp³-hybridized carbons (Fsp3) is 0.400. The van der Waals surface area contributed by atoms with Gasteiger partial charge in [-0.15, -0.1) is 0 Å². The average Bonchev–Trinajstić information content (AvgIpc) is 3.07. The molecule has 0 radical (unpaired) electrons. The minimum Gasteiger partial charge on any atom is -0.493 e. The standard InChI is InChI=1S/C20H22N2O3/c1-24-18-7-3-5-14-8-12(11-25-19(14)18)9-17-15(20(21)23)10-13-4-2-6-16(13)22-17/h3,5,7,10,12H,2,4,6,8-9,11H2,1H3,(H2,21,23)/t12-/m0/s1. The van der Waals surface area contributed by atoms with Gasteiger partial charge in [0.1, 0.15) is 0 Å². The van der Waals surface area contributed by atoms with E-state index in [4.69, 9.17) is 20.2 Å². The largest absolute Gasteiger partial charge is 0.493 e. The van der Waals surface area contributed by atoms with Gasteiger partial charge in [0.25, 0.3) is 5.91 Å². The van der Waals surface area contributed by atoms with Crippen molar-refractivity contribution in [2.24, 2.45) is 11.7 Å². The summed E-state index contributed by atoms with van der Waals surface area (Å²) in [7, 11) is 1.65. The normalized spacial score (nSPS) is 18.2. The number of para-hydroxylation sites is 1. The Kier molecular flexibility index (Phi) is 4.07. The minimum absolute atomic E-state index is 0.268. The fourth-order valence-corrected chi connectivity index (χ4v) is 3.91. The maximum atomic E-state index is 11.9. The number of ether oxygens (including phenoxy) is 2. The molecule has 5 nitrogen and oxygen atoms in total. The van der Waals surface area contributed by atoms with Gasteiger partial charge in [0.2, 0.25) is 0 Å². The highest BCUT2D eigenvalue weighted by atomic mass is 16.5. The third-order valence-corrected chi connectivity index (χ3v) is 5.13. The second-order valence-corrected chi connectivity index (χ2v) is 6.84. The summed E-state index contributed by atoms with van der Waals surface area (Å²) in [4.78, 5) is 16.7. The molecule has 2 aromatic rings. The molecule has 1 atom stereocenters. The van der Waals surface area contributed by atoms with Crippen molar-refractivity contribution in [3.8, 4) is 11.5 Å². The van der Waals surface area contributed by atoms with E-state index in [1.165, 1.54) is 5.56 Å². The molecule has 130 valence electrons. The van der Waals surface area contributed by atoms with Gasteiger partial charge in [-0.2, -0.15) is 0 Å². The Bertz CT molecular complexity index is 832. The van der Waals surface area contributed by atoms with E-state index in [2.05, 4.69) is 6.07 Å². The van der Waals surface area contributed by atoms with Crippen LogP contribution in [0.15, 0.2) is 24.3 Å². The summed E-state index contributed by atoms with van der Waals surface area (Å²) in [5, 5.41) is 0. The zero-order valence-corrected chi connectivity index (χ0v) is 14.4. The highest BCUT2D eigenvalue weighted by molar-refractivity contribution is 5.94. The van der Waals surface area contributed by atoms with E-state index in [1.54, 1.807) is 7.11 Å². The Labute approximate surface area is 147 Å². The minimum atomic E-state index is -0.393. The Morgan fingerprint density at radius 3 is 3.04 bits per heavy atom. The van der Waals surface area contributed by atoms with Gasteiger partial charge < -0.3 is 15.2 Å². The molecule has 1 aliphatic carbocycles. The van der Waals surface area contributed by atoms with Crippen LogP contribution in [0.5, 0.6) is 11.5 Å². The number of carbonyl (C=O) groups excluding carboxylic acids is 1. The third-order valence-electron chi connectivity index (χ3n) is 5.13. The van der Waals surface area contributed by atoms with Gasteiger partial charge in [0.05, 0.1) is 25.0 Å². The molecule has 1 amide bonds. The number of fused-ring (bicyclic) bond motifs is 2. The fourth-order valence-electron chi connectivity index (χ4n) is 3.91. The van der Waals surface area contributed by atoms with Crippen LogP contribution >= 0.6 is 0 Å². The maximum Gasteiger partial charge on any atom is 0.250 e. The molecular formula is C20H22N2O3. The summed E-state index contributed by atoms with van der Waals surface area (Å²) >= 11 is 0. The molecule has 1 aromatic carbocycles. The summed E-state index contributed by atoms with van der Waals surface area (Å²) in [6, 6.07) is 7.90. The summed E-state index contributed by atoms with van der Waals surface area (Å²) in [6.07, 6.45) is 4.65. The molecule has 25 heavy (non-hydrogen) atoms. The number of aryl methyl sites for hydroxylation is 2. The molecule has 0 bridgehead atoms. The van der Waals surface area contributed by atoms with E-state index >= 15 is 0 Å². The van der Waals surface area contributed by atoms with Gasteiger partial charge in [0.15, 0.2) is 11.5 Å². The molecule has 2 heterocycles. The first-order valence-electron chi connectivity index (χ1n) is 8.76. The molecule has 0 saturated carbocycles. The van der Waals surface area contributed by atoms with Crippen LogP contribution in [0.4, 0.5) is 0 Å². The van der Waals surface area contributed by atoms with Crippen LogP contribution in [0, 0.1) is 5.92 Å². The topological polar surface area (TPSA) is 74.4 Å². The van der Waals surface area contributed by atoms with Crippen LogP contribution in [0.1, 0.15) is 39.3 Å². The molecule has 1 aliphatic heterocycles. The van der Waals surface area contributed by atoms with Crippen LogP contribution in [0.25, 0.3) is 0 Å². The summed E-state index contributed by atoms with van der Waals surface area (Å²) in [6.45, 7) is 0.588. The zero-order valence-electron chi connectivity index (χ0n) is 14.4. The first-order valence-corrected chi connectivity index (χ1v) is 8.76. The van der Waals surface area contributed by atoms with Crippen molar-refractivity contribution in [3.05, 3.63) is 52.3 Å². The van der Waals surface area contributed by atoms with Crippen molar-refractivity contribution in [3.63, 3.8) is 0 Å². The lowest BCUT2D eigenvalue weighted by molar-refractivity contribution is 0.0998. The van der Waals surface area contributed by atoms with Gasteiger partial charge in [-0.3, -0.25) is 9.78 Å². The van der Waals surface area contributed by atoms with Gasteiger partial charge in [0, 0.05) is 11.6 Å². The van der Waals surface area contributed by atoms with E-state index in [0.717, 1.165) is 54.1 Å². The lowest BCUT2D eigenvalue weighted by atomic mass is 9.90. The number of benzene rings is 1. The number of primary amides is 1. The highest BCUT2D eigenvalue weighted by Crippen LogP contribution is 2.37. The number of aromatic nitrogens is 1. The first kappa shape index (κ1) is 15.9. The number of rotatable bonds is 4. The molecule has 1 aromatic heterocycles. The van der Waals surface area contributed by atoms with Crippen LogP contribution < -0.4 is 15.2 Å². The SMILES string of the molecule is COc1cccc2c1OC[C@H](Cc1nc3c(cc1C(N)=O)CCC3)C2. The molecule has 0 unspecified atom stereocenters. The monoisotopic (exact) mass is 338 g/mol. The number of nitrogens with zero attached hydrogens (tertiary/aromatic N) is 1. The highest BCUT2D eigenvalue weighted by Gasteiger charge is 2.26. The number of carbonyl (C=O) groups is 1. The Hall–Kier alpha value is -2.56. The molecule has 0 saturated heterocycles. The second kappa shape index (κ2) is 6.39.